The zero-order valence-electron chi connectivity index (χ0n) is 13.1. The molecule has 1 heterocycles. The maximum absolute atomic E-state index is 12.1. The number of pyridine rings is 1. The van der Waals surface area contributed by atoms with Gasteiger partial charge in [-0.1, -0.05) is 6.07 Å². The van der Waals surface area contributed by atoms with Crippen LogP contribution in [0.5, 0.6) is 5.75 Å². The lowest BCUT2D eigenvalue weighted by Gasteiger charge is -2.11. The molecule has 0 saturated carbocycles. The van der Waals surface area contributed by atoms with Crippen LogP contribution in [-0.4, -0.2) is 42.3 Å². The van der Waals surface area contributed by atoms with Crippen LogP contribution in [0.2, 0.25) is 0 Å². The molecular formula is C18H18N2O3. The minimum atomic E-state index is -0.121. The van der Waals surface area contributed by atoms with Gasteiger partial charge in [-0.25, -0.2) is 0 Å². The van der Waals surface area contributed by atoms with E-state index in [-0.39, 0.29) is 18.3 Å². The second kappa shape index (κ2) is 7.89. The fraction of sp³-hybridized carbons (Fsp3) is 0.167. The van der Waals surface area contributed by atoms with Crippen LogP contribution in [0.15, 0.2) is 54.9 Å². The van der Waals surface area contributed by atoms with Gasteiger partial charge in [0, 0.05) is 32.1 Å². The average Bonchev–Trinajstić information content (AvgIpc) is 2.58. The smallest absolute Gasteiger partial charge is 0.259 e. The summed E-state index contributed by atoms with van der Waals surface area (Å²) in [4.78, 5) is 29.0. The van der Waals surface area contributed by atoms with Crippen LogP contribution >= 0.6 is 0 Å². The molecule has 0 bridgehead atoms. The highest BCUT2D eigenvalue weighted by molar-refractivity contribution is 6.06. The molecule has 2 aromatic rings. The van der Waals surface area contributed by atoms with Gasteiger partial charge in [-0.3, -0.25) is 14.6 Å². The molecule has 1 aromatic carbocycles. The van der Waals surface area contributed by atoms with E-state index in [0.717, 1.165) is 5.56 Å². The summed E-state index contributed by atoms with van der Waals surface area (Å²) in [6.07, 6.45) is 6.58. The summed E-state index contributed by atoms with van der Waals surface area (Å²) in [5.74, 6) is 0.322. The maximum Gasteiger partial charge on any atom is 0.259 e. The van der Waals surface area contributed by atoms with E-state index in [1.165, 1.54) is 11.0 Å². The lowest BCUT2D eigenvalue weighted by molar-refractivity contribution is -0.130. The van der Waals surface area contributed by atoms with Crippen LogP contribution in [0.25, 0.3) is 6.08 Å². The van der Waals surface area contributed by atoms with Crippen LogP contribution in [0, 0.1) is 0 Å². The van der Waals surface area contributed by atoms with Crippen LogP contribution in [-0.2, 0) is 4.79 Å². The first kappa shape index (κ1) is 16.4. The van der Waals surface area contributed by atoms with Crippen molar-refractivity contribution < 1.29 is 14.3 Å². The molecule has 5 heteroatoms. The molecule has 0 radical (unpaired) electrons. The molecule has 0 atom stereocenters. The molecule has 0 unspecified atom stereocenters. The summed E-state index contributed by atoms with van der Waals surface area (Å²) in [6, 6.07) is 10.4. The van der Waals surface area contributed by atoms with Crippen LogP contribution < -0.4 is 4.74 Å². The fourth-order valence-electron chi connectivity index (χ4n) is 1.73. The number of hydrogen-bond acceptors (Lipinski definition) is 4. The highest BCUT2D eigenvalue weighted by atomic mass is 16.5. The predicted octanol–water partition coefficient (Wildman–Crippen LogP) is 2.44. The first-order chi connectivity index (χ1) is 11.1. The average molecular weight is 310 g/mol. The van der Waals surface area contributed by atoms with Gasteiger partial charge in [0.2, 0.25) is 0 Å². The molecule has 2 rings (SSSR count). The lowest BCUT2D eigenvalue weighted by atomic mass is 10.1. The molecule has 0 N–H and O–H groups in total. The molecule has 118 valence electrons. The number of ether oxygens (including phenoxy) is 1. The van der Waals surface area contributed by atoms with Gasteiger partial charge in [0.25, 0.3) is 5.91 Å². The number of carbonyl (C=O) groups is 2. The molecular weight excluding hydrogens is 292 g/mol. The van der Waals surface area contributed by atoms with E-state index in [2.05, 4.69) is 4.98 Å². The number of likely N-dealkylation sites (N-methyl/N-ethyl adjacent to an activating group) is 1. The van der Waals surface area contributed by atoms with Crippen LogP contribution in [0.3, 0.4) is 0 Å². The van der Waals surface area contributed by atoms with Crippen molar-refractivity contribution in [2.24, 2.45) is 0 Å². The Hall–Kier alpha value is -2.95. The van der Waals surface area contributed by atoms with Gasteiger partial charge < -0.3 is 9.64 Å². The molecule has 0 aliphatic carbocycles. The fourth-order valence-corrected chi connectivity index (χ4v) is 1.73. The number of allylic oxidation sites excluding steroid dienone is 1. The minimum absolute atomic E-state index is 0.0266. The summed E-state index contributed by atoms with van der Waals surface area (Å²) in [6.45, 7) is -0.0266. The number of hydrogen-bond donors (Lipinski definition) is 0. The summed E-state index contributed by atoms with van der Waals surface area (Å²) in [7, 11) is 3.34. The molecule has 0 spiro atoms. The SMILES string of the molecule is CN(C)C(=O)COc1ccc(C(=O)/C=C/c2cccnc2)cc1. The molecule has 0 fully saturated rings. The summed E-state index contributed by atoms with van der Waals surface area (Å²) in [5, 5.41) is 0. The number of nitrogens with zero attached hydrogens (tertiary/aromatic N) is 2. The first-order valence-corrected chi connectivity index (χ1v) is 7.12. The van der Waals surface area contributed by atoms with Crippen molar-refractivity contribution in [3.05, 3.63) is 66.0 Å². The zero-order chi connectivity index (χ0) is 16.7. The number of rotatable bonds is 6. The van der Waals surface area contributed by atoms with Crippen molar-refractivity contribution in [3.8, 4) is 5.75 Å². The van der Waals surface area contributed by atoms with E-state index in [4.69, 9.17) is 4.74 Å². The summed E-state index contributed by atoms with van der Waals surface area (Å²) in [5.41, 5.74) is 1.42. The molecule has 5 nitrogen and oxygen atoms in total. The Morgan fingerprint density at radius 1 is 1.17 bits per heavy atom. The van der Waals surface area contributed by atoms with E-state index in [1.54, 1.807) is 56.8 Å². The number of ketones is 1. The quantitative estimate of drug-likeness (QED) is 0.607. The molecule has 23 heavy (non-hydrogen) atoms. The highest BCUT2D eigenvalue weighted by Crippen LogP contribution is 2.13. The van der Waals surface area contributed by atoms with Gasteiger partial charge in [-0.2, -0.15) is 0 Å². The monoisotopic (exact) mass is 310 g/mol. The molecule has 0 aliphatic rings. The van der Waals surface area contributed by atoms with Crippen molar-refractivity contribution in [2.75, 3.05) is 20.7 Å². The van der Waals surface area contributed by atoms with Crippen molar-refractivity contribution >= 4 is 17.8 Å². The Kier molecular flexibility index (Phi) is 5.63. The van der Waals surface area contributed by atoms with E-state index in [0.29, 0.717) is 11.3 Å². The number of carbonyl (C=O) groups excluding carboxylic acids is 2. The topological polar surface area (TPSA) is 59.5 Å². The third kappa shape index (κ3) is 5.07. The van der Waals surface area contributed by atoms with Gasteiger partial charge in [-0.05, 0) is 48.0 Å². The van der Waals surface area contributed by atoms with Crippen LogP contribution in [0.4, 0.5) is 0 Å². The van der Waals surface area contributed by atoms with E-state index >= 15 is 0 Å². The third-order valence-corrected chi connectivity index (χ3v) is 3.11. The highest BCUT2D eigenvalue weighted by Gasteiger charge is 2.06. The van der Waals surface area contributed by atoms with E-state index in [1.807, 2.05) is 12.1 Å². The maximum atomic E-state index is 12.1. The van der Waals surface area contributed by atoms with E-state index < -0.39 is 0 Å². The Balaban J connectivity index is 1.95. The normalized spacial score (nSPS) is 10.5. The summed E-state index contributed by atoms with van der Waals surface area (Å²) >= 11 is 0. The largest absolute Gasteiger partial charge is 0.484 e. The van der Waals surface area contributed by atoms with Crippen molar-refractivity contribution in [3.63, 3.8) is 0 Å². The molecule has 0 saturated heterocycles. The van der Waals surface area contributed by atoms with Gasteiger partial charge in [0.15, 0.2) is 12.4 Å². The van der Waals surface area contributed by atoms with E-state index in [9.17, 15) is 9.59 Å². The number of benzene rings is 1. The van der Waals surface area contributed by atoms with Crippen molar-refractivity contribution in [1.82, 2.24) is 9.88 Å². The van der Waals surface area contributed by atoms with Gasteiger partial charge >= 0.3 is 0 Å². The molecule has 1 amide bonds. The number of amides is 1. The Morgan fingerprint density at radius 2 is 1.91 bits per heavy atom. The Labute approximate surface area is 135 Å². The van der Waals surface area contributed by atoms with Gasteiger partial charge in [-0.15, -0.1) is 0 Å². The van der Waals surface area contributed by atoms with Gasteiger partial charge in [0.1, 0.15) is 5.75 Å². The standard InChI is InChI=1S/C18H18N2O3/c1-20(2)18(22)13-23-16-8-6-15(7-9-16)17(21)10-5-14-4-3-11-19-12-14/h3-12H,13H2,1-2H3/b10-5+. The second-order valence-corrected chi connectivity index (χ2v) is 5.09. The number of aromatic nitrogens is 1. The third-order valence-electron chi connectivity index (χ3n) is 3.11. The first-order valence-electron chi connectivity index (χ1n) is 7.12. The summed E-state index contributed by atoms with van der Waals surface area (Å²) < 4.78 is 5.36. The van der Waals surface area contributed by atoms with Crippen molar-refractivity contribution in [2.45, 2.75) is 0 Å². The van der Waals surface area contributed by atoms with Crippen molar-refractivity contribution in [1.29, 1.82) is 0 Å². The minimum Gasteiger partial charge on any atom is -0.484 e. The molecule has 1 aromatic heterocycles. The van der Waals surface area contributed by atoms with Gasteiger partial charge in [0.05, 0.1) is 0 Å². The van der Waals surface area contributed by atoms with Crippen LogP contribution in [0.1, 0.15) is 15.9 Å². The Morgan fingerprint density at radius 3 is 2.52 bits per heavy atom. The zero-order valence-corrected chi connectivity index (χ0v) is 13.1. The lowest BCUT2D eigenvalue weighted by Crippen LogP contribution is -2.27. The Bertz CT molecular complexity index is 692. The second-order valence-electron chi connectivity index (χ2n) is 5.09. The molecule has 0 aliphatic heterocycles. The predicted molar refractivity (Wildman–Crippen MR) is 88.2 cm³/mol.